The molecule has 2 rings (SSSR count). The minimum atomic E-state index is -2.45. The van der Waals surface area contributed by atoms with E-state index >= 15 is 0 Å². The van der Waals surface area contributed by atoms with Gasteiger partial charge in [0.2, 0.25) is 0 Å². The van der Waals surface area contributed by atoms with E-state index in [9.17, 15) is 4.21 Å². The summed E-state index contributed by atoms with van der Waals surface area (Å²) in [6.07, 6.45) is 4.20. The van der Waals surface area contributed by atoms with Crippen LogP contribution in [0.2, 0.25) is 0 Å². The number of nitrogens with one attached hydrogen (secondary N) is 1. The molecule has 0 radical (unpaired) electrons. The summed E-state index contributed by atoms with van der Waals surface area (Å²) in [4.78, 5) is 0.890. The van der Waals surface area contributed by atoms with Gasteiger partial charge in [0.15, 0.2) is 0 Å². The maximum absolute atomic E-state index is 12.5. The van der Waals surface area contributed by atoms with Crippen LogP contribution in [0.1, 0.15) is 18.4 Å². The lowest BCUT2D eigenvalue weighted by Gasteiger charge is -2.23. The Balaban J connectivity index is 1.97. The first-order valence-corrected chi connectivity index (χ1v) is 8.25. The Kier molecular flexibility index (Phi) is 3.97. The standard InChI is InChI=1S/C13H21NO2S/c1-11-5-7-13(8-6-11)17(2,15)14-10-12-4-3-9-16-12/h5-8,12,17H,3-4,9-10H2,1-2H3,(H,14,15). The molecule has 1 aromatic carbocycles. The van der Waals surface area contributed by atoms with Gasteiger partial charge in [-0.15, -0.1) is 0 Å². The van der Waals surface area contributed by atoms with Crippen molar-refractivity contribution >= 4 is 10.1 Å². The van der Waals surface area contributed by atoms with Crippen LogP contribution in [0.4, 0.5) is 0 Å². The topological polar surface area (TPSA) is 38.3 Å². The van der Waals surface area contributed by atoms with Gasteiger partial charge in [-0.25, -0.2) is 0 Å². The molecule has 1 aromatic rings. The third-order valence-corrected chi connectivity index (χ3v) is 5.24. The number of thiol groups is 1. The van der Waals surface area contributed by atoms with Crippen LogP contribution in [0, 0.1) is 6.92 Å². The van der Waals surface area contributed by atoms with Gasteiger partial charge in [-0.3, -0.25) is 8.93 Å². The van der Waals surface area contributed by atoms with Crippen molar-refractivity contribution in [3.05, 3.63) is 29.8 Å². The smallest absolute Gasteiger partial charge is 0.0709 e. The number of rotatable bonds is 4. The molecule has 1 unspecified atom stereocenters. The van der Waals surface area contributed by atoms with Crippen molar-refractivity contribution in [1.82, 2.24) is 4.72 Å². The lowest BCUT2D eigenvalue weighted by atomic mass is 10.2. The minimum Gasteiger partial charge on any atom is -0.377 e. The molecule has 1 atom stereocenters. The van der Waals surface area contributed by atoms with Crippen LogP contribution in [0.15, 0.2) is 29.2 Å². The van der Waals surface area contributed by atoms with Gasteiger partial charge < -0.3 is 4.74 Å². The van der Waals surface area contributed by atoms with Gasteiger partial charge in [0.1, 0.15) is 0 Å². The summed E-state index contributed by atoms with van der Waals surface area (Å²) in [5.41, 5.74) is 1.19. The Labute approximate surface area is 104 Å². The van der Waals surface area contributed by atoms with Crippen LogP contribution >= 0.6 is 0 Å². The van der Waals surface area contributed by atoms with Gasteiger partial charge in [-0.1, -0.05) is 17.7 Å². The van der Waals surface area contributed by atoms with Crippen LogP contribution in [-0.4, -0.2) is 29.7 Å². The van der Waals surface area contributed by atoms with Crippen LogP contribution in [-0.2, 0) is 14.9 Å². The average molecular weight is 255 g/mol. The average Bonchev–Trinajstić information content (AvgIpc) is 2.80. The first kappa shape index (κ1) is 12.7. The van der Waals surface area contributed by atoms with Gasteiger partial charge in [0.05, 0.1) is 6.10 Å². The minimum absolute atomic E-state index is 0.230. The maximum atomic E-state index is 12.5. The molecule has 96 valence electrons. The summed E-state index contributed by atoms with van der Waals surface area (Å²) in [7, 11) is -2.45. The van der Waals surface area contributed by atoms with Crippen LogP contribution in [0.3, 0.4) is 0 Å². The highest BCUT2D eigenvalue weighted by Gasteiger charge is 2.18. The molecule has 0 aliphatic carbocycles. The second kappa shape index (κ2) is 5.29. The Morgan fingerprint density at radius 1 is 1.41 bits per heavy atom. The number of aryl methyl sites for hydroxylation is 1. The molecule has 1 aliphatic rings. The summed E-state index contributed by atoms with van der Waals surface area (Å²) >= 11 is 0. The number of ether oxygens (including phenoxy) is 1. The highest BCUT2D eigenvalue weighted by Crippen LogP contribution is 2.16. The van der Waals surface area contributed by atoms with E-state index in [2.05, 4.69) is 4.72 Å². The van der Waals surface area contributed by atoms with E-state index in [1.54, 1.807) is 6.26 Å². The second-order valence-corrected chi connectivity index (χ2v) is 7.44. The molecule has 1 N–H and O–H groups in total. The molecule has 0 spiro atoms. The largest absolute Gasteiger partial charge is 0.377 e. The second-order valence-electron chi connectivity index (χ2n) is 4.76. The van der Waals surface area contributed by atoms with E-state index in [1.165, 1.54) is 5.56 Å². The summed E-state index contributed by atoms with van der Waals surface area (Å²) < 4.78 is 21.2. The normalized spacial score (nSPS) is 21.6. The number of hydrogen-bond acceptors (Lipinski definition) is 2. The number of benzene rings is 1. The first-order chi connectivity index (χ1) is 8.08. The van der Waals surface area contributed by atoms with Gasteiger partial charge in [-0.2, -0.15) is 0 Å². The van der Waals surface area contributed by atoms with Gasteiger partial charge in [-0.05, 0) is 42.0 Å². The fourth-order valence-electron chi connectivity index (χ4n) is 2.00. The van der Waals surface area contributed by atoms with Gasteiger partial charge >= 0.3 is 0 Å². The van der Waals surface area contributed by atoms with Crippen molar-refractivity contribution in [2.24, 2.45) is 0 Å². The zero-order valence-electron chi connectivity index (χ0n) is 10.5. The molecule has 0 saturated carbocycles. The fourth-order valence-corrected chi connectivity index (χ4v) is 3.45. The van der Waals surface area contributed by atoms with Crippen molar-refractivity contribution in [3.8, 4) is 0 Å². The Bertz CT molecular complexity index is 410. The molecule has 4 heteroatoms. The summed E-state index contributed by atoms with van der Waals surface area (Å²) in [5.74, 6) is 0. The molecule has 1 aliphatic heterocycles. The Hall–Kier alpha value is -0.710. The van der Waals surface area contributed by atoms with Crippen molar-refractivity contribution in [2.45, 2.75) is 30.8 Å². The molecular weight excluding hydrogens is 234 g/mol. The summed E-state index contributed by atoms with van der Waals surface area (Å²) in [6.45, 7) is 3.55. The quantitative estimate of drug-likeness (QED) is 0.804. The number of hydrogen-bond donors (Lipinski definition) is 2. The molecule has 3 nitrogen and oxygen atoms in total. The molecule has 0 aromatic heterocycles. The zero-order chi connectivity index (χ0) is 12.3. The van der Waals surface area contributed by atoms with E-state index in [4.69, 9.17) is 4.74 Å². The van der Waals surface area contributed by atoms with E-state index in [0.717, 1.165) is 24.3 Å². The van der Waals surface area contributed by atoms with Crippen LogP contribution in [0.25, 0.3) is 0 Å². The predicted molar refractivity (Wildman–Crippen MR) is 71.9 cm³/mol. The van der Waals surface area contributed by atoms with Crippen molar-refractivity contribution in [3.63, 3.8) is 0 Å². The zero-order valence-corrected chi connectivity index (χ0v) is 11.4. The molecule has 1 heterocycles. The Morgan fingerprint density at radius 3 is 2.71 bits per heavy atom. The molecule has 17 heavy (non-hydrogen) atoms. The van der Waals surface area contributed by atoms with Gasteiger partial charge in [0, 0.05) is 24.3 Å². The molecule has 1 saturated heterocycles. The lowest BCUT2D eigenvalue weighted by Crippen LogP contribution is -2.36. The molecule has 0 amide bonds. The van der Waals surface area contributed by atoms with Crippen molar-refractivity contribution < 1.29 is 8.95 Å². The fraction of sp³-hybridized carbons (Fsp3) is 0.538. The SMILES string of the molecule is Cc1ccc([SH](C)(=O)NCC2CCCO2)cc1. The van der Waals surface area contributed by atoms with Crippen molar-refractivity contribution in [2.75, 3.05) is 19.4 Å². The third kappa shape index (κ3) is 3.37. The molecule has 1 fully saturated rings. The van der Waals surface area contributed by atoms with Crippen LogP contribution in [0.5, 0.6) is 0 Å². The van der Waals surface area contributed by atoms with E-state index in [1.807, 2.05) is 31.2 Å². The van der Waals surface area contributed by atoms with E-state index < -0.39 is 10.1 Å². The first-order valence-electron chi connectivity index (χ1n) is 6.09. The predicted octanol–water partition coefficient (Wildman–Crippen LogP) is 1.68. The molecule has 0 bridgehead atoms. The van der Waals surface area contributed by atoms with E-state index in [0.29, 0.717) is 6.54 Å². The van der Waals surface area contributed by atoms with Gasteiger partial charge in [0.25, 0.3) is 0 Å². The lowest BCUT2D eigenvalue weighted by molar-refractivity contribution is 0.114. The summed E-state index contributed by atoms with van der Waals surface area (Å²) in [6, 6.07) is 7.88. The Morgan fingerprint density at radius 2 is 2.12 bits per heavy atom. The van der Waals surface area contributed by atoms with E-state index in [-0.39, 0.29) is 6.10 Å². The molecular formula is C13H21NO2S. The highest BCUT2D eigenvalue weighted by molar-refractivity contribution is 8.00. The monoisotopic (exact) mass is 255 g/mol. The van der Waals surface area contributed by atoms with Crippen LogP contribution < -0.4 is 4.72 Å². The highest BCUT2D eigenvalue weighted by atomic mass is 32.3. The van der Waals surface area contributed by atoms with Crippen molar-refractivity contribution in [1.29, 1.82) is 0 Å². The third-order valence-electron chi connectivity index (χ3n) is 3.17. The summed E-state index contributed by atoms with van der Waals surface area (Å²) in [5, 5.41) is 0. The maximum Gasteiger partial charge on any atom is 0.0709 e.